The van der Waals surface area contributed by atoms with Gasteiger partial charge in [0.2, 0.25) is 0 Å². The Labute approximate surface area is 214 Å². The zero-order valence-corrected chi connectivity index (χ0v) is 20.9. The van der Waals surface area contributed by atoms with Crippen LogP contribution in [0.15, 0.2) is 36.8 Å². The Kier molecular flexibility index (Phi) is 7.17. The summed E-state index contributed by atoms with van der Waals surface area (Å²) in [5.41, 5.74) is -4.75. The van der Waals surface area contributed by atoms with Crippen molar-refractivity contribution in [2.45, 2.75) is 75.8 Å². The van der Waals surface area contributed by atoms with Crippen LogP contribution in [0.2, 0.25) is 0 Å². The van der Waals surface area contributed by atoms with Gasteiger partial charge in [0.25, 0.3) is 0 Å². The summed E-state index contributed by atoms with van der Waals surface area (Å²) in [6, 6.07) is 3.42. The van der Waals surface area contributed by atoms with E-state index in [-0.39, 0.29) is 54.4 Å². The van der Waals surface area contributed by atoms with Crippen LogP contribution in [-0.4, -0.2) is 49.0 Å². The van der Waals surface area contributed by atoms with E-state index in [0.717, 1.165) is 18.3 Å². The summed E-state index contributed by atoms with van der Waals surface area (Å²) in [5.74, 6) is -0.0851. The number of aromatic nitrogens is 3. The van der Waals surface area contributed by atoms with E-state index in [1.54, 1.807) is 6.92 Å². The van der Waals surface area contributed by atoms with Gasteiger partial charge in [0.05, 0.1) is 40.7 Å². The molecule has 3 unspecified atom stereocenters. The second kappa shape index (κ2) is 9.69. The van der Waals surface area contributed by atoms with E-state index < -0.39 is 40.9 Å². The molecule has 7 nitrogen and oxygen atoms in total. The smallest absolute Gasteiger partial charge is 0.433 e. The van der Waals surface area contributed by atoms with Crippen LogP contribution in [0.1, 0.15) is 50.4 Å². The Morgan fingerprint density at radius 1 is 1.08 bits per heavy atom. The van der Waals surface area contributed by atoms with Crippen molar-refractivity contribution < 1.29 is 41.3 Å². The fourth-order valence-electron chi connectivity index (χ4n) is 4.91. The highest BCUT2D eigenvalue weighted by Gasteiger charge is 2.41. The van der Waals surface area contributed by atoms with Crippen LogP contribution >= 0.6 is 0 Å². The first kappa shape index (κ1) is 28.1. The maximum atomic E-state index is 13.9. The number of rotatable bonds is 6. The zero-order valence-electron chi connectivity index (χ0n) is 20.9. The van der Waals surface area contributed by atoms with E-state index in [4.69, 9.17) is 4.74 Å². The molecule has 208 valence electrons. The molecule has 1 saturated heterocycles. The predicted molar refractivity (Wildman–Crippen MR) is 125 cm³/mol. The predicted octanol–water partition coefficient (Wildman–Crippen LogP) is 4.65. The minimum absolute atomic E-state index is 0.0383. The first-order valence-electron chi connectivity index (χ1n) is 11.9. The van der Waals surface area contributed by atoms with Crippen LogP contribution in [0, 0.1) is 0 Å². The van der Waals surface area contributed by atoms with E-state index in [2.05, 4.69) is 15.3 Å². The number of pyridine rings is 1. The lowest BCUT2D eigenvalue weighted by Gasteiger charge is -2.41. The molecule has 3 heterocycles. The number of fused-ring (bicyclic) bond motifs is 1. The Balaban J connectivity index is 1.55. The molecule has 38 heavy (non-hydrogen) atoms. The standard InChI is InChI=1S/C25H28F6N4O3/c1-14-8-23(37,15-4-5-20(32-10-15)25(29,30)31)9-16(34-14)11-38-17-6-18(24(26,27)28)21-19(7-17)33-13-35(21)12-22(2,3)36/h4-7,10,13-14,16,34,36-37H,8-9,11-12H2,1-3H3. The van der Waals surface area contributed by atoms with Crippen molar-refractivity contribution in [3.63, 3.8) is 0 Å². The van der Waals surface area contributed by atoms with Gasteiger partial charge in [0.1, 0.15) is 18.1 Å². The van der Waals surface area contributed by atoms with Gasteiger partial charge in [-0.3, -0.25) is 4.98 Å². The van der Waals surface area contributed by atoms with Crippen LogP contribution in [0.4, 0.5) is 26.3 Å². The van der Waals surface area contributed by atoms with Crippen molar-refractivity contribution in [2.75, 3.05) is 6.61 Å². The molecular weight excluding hydrogens is 518 g/mol. The van der Waals surface area contributed by atoms with Crippen LogP contribution in [-0.2, 0) is 24.5 Å². The number of imidazole rings is 1. The van der Waals surface area contributed by atoms with E-state index in [9.17, 15) is 36.6 Å². The van der Waals surface area contributed by atoms with Crippen molar-refractivity contribution in [2.24, 2.45) is 0 Å². The van der Waals surface area contributed by atoms with E-state index in [0.29, 0.717) is 0 Å². The number of piperidine rings is 1. The van der Waals surface area contributed by atoms with Crippen LogP contribution in [0.25, 0.3) is 11.0 Å². The van der Waals surface area contributed by atoms with Crippen molar-refractivity contribution >= 4 is 11.0 Å². The van der Waals surface area contributed by atoms with Gasteiger partial charge in [-0.1, -0.05) is 6.07 Å². The second-order valence-corrected chi connectivity index (χ2v) is 10.5. The van der Waals surface area contributed by atoms with Gasteiger partial charge in [-0.05, 0) is 45.7 Å². The molecule has 0 bridgehead atoms. The molecule has 0 aliphatic carbocycles. The molecule has 13 heteroatoms. The van der Waals surface area contributed by atoms with Gasteiger partial charge < -0.3 is 24.8 Å². The fourth-order valence-corrected chi connectivity index (χ4v) is 4.91. The van der Waals surface area contributed by atoms with Crippen molar-refractivity contribution in [3.05, 3.63) is 53.6 Å². The molecule has 1 fully saturated rings. The van der Waals surface area contributed by atoms with E-state index in [1.807, 2.05) is 0 Å². The van der Waals surface area contributed by atoms with Crippen LogP contribution < -0.4 is 10.1 Å². The van der Waals surface area contributed by atoms with Gasteiger partial charge in [0, 0.05) is 29.9 Å². The maximum Gasteiger partial charge on any atom is 0.433 e. The quantitative estimate of drug-likeness (QED) is 0.390. The molecule has 0 radical (unpaired) electrons. The third-order valence-corrected chi connectivity index (χ3v) is 6.34. The normalized spacial score (nSPS) is 23.1. The van der Waals surface area contributed by atoms with Gasteiger partial charge >= 0.3 is 12.4 Å². The molecule has 3 atom stereocenters. The number of hydrogen-bond acceptors (Lipinski definition) is 6. The summed E-state index contributed by atoms with van der Waals surface area (Å²) >= 11 is 0. The summed E-state index contributed by atoms with van der Waals surface area (Å²) < 4.78 is 87.4. The van der Waals surface area contributed by atoms with Gasteiger partial charge in [0.15, 0.2) is 0 Å². The summed E-state index contributed by atoms with van der Waals surface area (Å²) in [6.07, 6.45) is -6.88. The highest BCUT2D eigenvalue weighted by atomic mass is 19.4. The van der Waals surface area contributed by atoms with Crippen LogP contribution in [0.5, 0.6) is 5.75 Å². The molecular formula is C25H28F6N4O3. The molecule has 3 aromatic rings. The van der Waals surface area contributed by atoms with Gasteiger partial charge in [-0.25, -0.2) is 4.98 Å². The lowest BCUT2D eigenvalue weighted by molar-refractivity contribution is -0.141. The molecule has 4 rings (SSSR count). The largest absolute Gasteiger partial charge is 0.492 e. The lowest BCUT2D eigenvalue weighted by atomic mass is 9.79. The fraction of sp³-hybridized carbons (Fsp3) is 0.520. The van der Waals surface area contributed by atoms with E-state index in [1.165, 1.54) is 36.9 Å². The first-order valence-corrected chi connectivity index (χ1v) is 11.9. The summed E-state index contributed by atoms with van der Waals surface area (Å²) in [6.45, 7) is 4.51. The number of nitrogens with zero attached hydrogens (tertiary/aromatic N) is 3. The van der Waals surface area contributed by atoms with Crippen molar-refractivity contribution in [3.8, 4) is 5.75 Å². The summed E-state index contributed by atoms with van der Waals surface area (Å²) in [5, 5.41) is 24.6. The number of halogens is 6. The number of ether oxygens (including phenoxy) is 1. The average molecular weight is 547 g/mol. The maximum absolute atomic E-state index is 13.9. The minimum Gasteiger partial charge on any atom is -0.492 e. The molecule has 0 amide bonds. The van der Waals surface area contributed by atoms with Crippen LogP contribution in [0.3, 0.4) is 0 Å². The Morgan fingerprint density at radius 2 is 1.79 bits per heavy atom. The number of hydrogen-bond donors (Lipinski definition) is 3. The third kappa shape index (κ3) is 6.21. The SMILES string of the molecule is CC1CC(O)(c2ccc(C(F)(F)F)nc2)CC(COc2cc(C(F)(F)F)c3c(c2)ncn3CC(C)(C)O)N1. The monoisotopic (exact) mass is 546 g/mol. The second-order valence-electron chi connectivity index (χ2n) is 10.5. The van der Waals surface area contributed by atoms with Crippen molar-refractivity contribution in [1.29, 1.82) is 0 Å². The first-order chi connectivity index (χ1) is 17.4. The summed E-state index contributed by atoms with van der Waals surface area (Å²) in [7, 11) is 0. The molecule has 2 aromatic heterocycles. The molecule has 1 aliphatic heterocycles. The molecule has 1 aliphatic rings. The molecule has 0 saturated carbocycles. The van der Waals surface area contributed by atoms with Crippen molar-refractivity contribution in [1.82, 2.24) is 19.9 Å². The highest BCUT2D eigenvalue weighted by molar-refractivity contribution is 5.81. The molecule has 3 N–H and O–H groups in total. The number of nitrogens with one attached hydrogen (secondary N) is 1. The molecule has 0 spiro atoms. The average Bonchev–Trinajstić information content (AvgIpc) is 3.16. The number of alkyl halides is 6. The minimum atomic E-state index is -4.72. The third-order valence-electron chi connectivity index (χ3n) is 6.34. The topological polar surface area (TPSA) is 92.4 Å². The number of benzene rings is 1. The Bertz CT molecular complexity index is 1280. The summed E-state index contributed by atoms with van der Waals surface area (Å²) in [4.78, 5) is 7.49. The molecule has 1 aromatic carbocycles. The van der Waals surface area contributed by atoms with E-state index >= 15 is 0 Å². The van der Waals surface area contributed by atoms with Gasteiger partial charge in [-0.15, -0.1) is 0 Å². The number of aliphatic hydroxyl groups is 2. The van der Waals surface area contributed by atoms with Gasteiger partial charge in [-0.2, -0.15) is 26.3 Å². The Hall–Kier alpha value is -2.90. The lowest BCUT2D eigenvalue weighted by Crippen LogP contribution is -2.53. The Morgan fingerprint density at radius 3 is 2.37 bits per heavy atom. The highest BCUT2D eigenvalue weighted by Crippen LogP contribution is 2.39. The zero-order chi connectivity index (χ0) is 28.1.